The molecule has 1 N–H and O–H groups in total. The van der Waals surface area contributed by atoms with Gasteiger partial charge in [-0.25, -0.2) is 13.1 Å². The summed E-state index contributed by atoms with van der Waals surface area (Å²) in [6.07, 6.45) is 3.31. The Morgan fingerprint density at radius 3 is 2.48 bits per heavy atom. The van der Waals surface area contributed by atoms with Gasteiger partial charge in [-0.1, -0.05) is 6.07 Å². The van der Waals surface area contributed by atoms with Gasteiger partial charge in [-0.05, 0) is 37.4 Å². The van der Waals surface area contributed by atoms with Gasteiger partial charge in [0.1, 0.15) is 11.5 Å². The van der Waals surface area contributed by atoms with Gasteiger partial charge < -0.3 is 9.47 Å². The molecule has 1 aromatic carbocycles. The lowest BCUT2D eigenvalue weighted by Crippen LogP contribution is -2.40. The maximum atomic E-state index is 11.3. The maximum Gasteiger partial charge on any atom is 0.208 e. The molecule has 0 unspecified atom stereocenters. The van der Waals surface area contributed by atoms with Crippen LogP contribution in [0, 0.1) is 5.92 Å². The molecule has 1 fully saturated rings. The number of ether oxygens (including phenoxy) is 2. The van der Waals surface area contributed by atoms with E-state index in [2.05, 4.69) is 9.62 Å². The highest BCUT2D eigenvalue weighted by Gasteiger charge is 2.23. The molecule has 1 heterocycles. The fraction of sp³-hybridized carbons (Fsp3) is 0.625. The Hall–Kier alpha value is -1.31. The minimum absolute atomic E-state index is 0.333. The zero-order valence-electron chi connectivity index (χ0n) is 14.0. The Balaban J connectivity index is 2.03. The van der Waals surface area contributed by atoms with Crippen LogP contribution in [0.5, 0.6) is 11.5 Å². The molecule has 0 bridgehead atoms. The molecule has 1 atom stereocenters. The van der Waals surface area contributed by atoms with Crippen LogP contribution in [-0.4, -0.2) is 53.4 Å². The summed E-state index contributed by atoms with van der Waals surface area (Å²) in [5.74, 6) is 1.97. The molecule has 0 aliphatic carbocycles. The third-order valence-electron chi connectivity index (χ3n) is 4.15. The molecule has 0 saturated carbocycles. The number of likely N-dealkylation sites (tertiary alicyclic amines) is 1. The van der Waals surface area contributed by atoms with Crippen LogP contribution < -0.4 is 14.2 Å². The lowest BCUT2D eigenvalue weighted by molar-refractivity contribution is 0.165. The fourth-order valence-corrected chi connectivity index (χ4v) is 3.58. The average molecular weight is 342 g/mol. The lowest BCUT2D eigenvalue weighted by Gasteiger charge is -2.33. The van der Waals surface area contributed by atoms with Crippen molar-refractivity contribution in [3.8, 4) is 11.5 Å². The number of piperidine rings is 1. The molecular formula is C16H26N2O4S. The predicted molar refractivity (Wildman–Crippen MR) is 90.4 cm³/mol. The second-order valence-corrected chi connectivity index (χ2v) is 7.84. The van der Waals surface area contributed by atoms with Crippen LogP contribution in [0.25, 0.3) is 0 Å². The second-order valence-electron chi connectivity index (χ2n) is 6.01. The maximum absolute atomic E-state index is 11.3. The Kier molecular flexibility index (Phi) is 6.26. The van der Waals surface area contributed by atoms with Gasteiger partial charge in [0.25, 0.3) is 0 Å². The number of nitrogens with zero attached hydrogens (tertiary/aromatic N) is 1. The number of methoxy groups -OCH3 is 2. The highest BCUT2D eigenvalue weighted by molar-refractivity contribution is 7.88. The summed E-state index contributed by atoms with van der Waals surface area (Å²) >= 11 is 0. The summed E-state index contributed by atoms with van der Waals surface area (Å²) in [5, 5.41) is 0. The number of sulfonamides is 1. The number of benzene rings is 1. The van der Waals surface area contributed by atoms with Gasteiger partial charge in [0.05, 0.1) is 26.0 Å². The molecule has 23 heavy (non-hydrogen) atoms. The van der Waals surface area contributed by atoms with Gasteiger partial charge >= 0.3 is 0 Å². The summed E-state index contributed by atoms with van der Waals surface area (Å²) in [5.41, 5.74) is 1.04. The van der Waals surface area contributed by atoms with Crippen LogP contribution in [0.2, 0.25) is 0 Å². The van der Waals surface area contributed by atoms with Crippen molar-refractivity contribution < 1.29 is 17.9 Å². The van der Waals surface area contributed by atoms with Gasteiger partial charge in [0, 0.05) is 19.6 Å². The first kappa shape index (κ1) is 18.0. The largest absolute Gasteiger partial charge is 0.496 e. The molecule has 0 aromatic heterocycles. The lowest BCUT2D eigenvalue weighted by atomic mass is 9.97. The molecule has 1 aromatic rings. The average Bonchev–Trinajstić information content (AvgIpc) is 2.53. The summed E-state index contributed by atoms with van der Waals surface area (Å²) in [6, 6.07) is 5.78. The van der Waals surface area contributed by atoms with E-state index >= 15 is 0 Å². The van der Waals surface area contributed by atoms with E-state index in [0.717, 1.165) is 49.5 Å². The van der Waals surface area contributed by atoms with Crippen LogP contribution in [0.15, 0.2) is 18.2 Å². The fourth-order valence-electron chi connectivity index (χ4n) is 3.04. The van der Waals surface area contributed by atoms with Crippen molar-refractivity contribution in [2.24, 2.45) is 5.92 Å². The third kappa shape index (κ3) is 5.37. The molecule has 6 nitrogen and oxygen atoms in total. The zero-order valence-corrected chi connectivity index (χ0v) is 14.9. The van der Waals surface area contributed by atoms with Gasteiger partial charge in [-0.15, -0.1) is 0 Å². The summed E-state index contributed by atoms with van der Waals surface area (Å²) < 4.78 is 36.0. The van der Waals surface area contributed by atoms with E-state index in [-0.39, 0.29) is 0 Å². The van der Waals surface area contributed by atoms with E-state index < -0.39 is 10.0 Å². The molecule has 1 aliphatic rings. The van der Waals surface area contributed by atoms with Gasteiger partial charge in [-0.2, -0.15) is 0 Å². The standard InChI is InChI=1S/C16H26N2O4S/c1-21-15-7-4-8-16(22-2)14(15)12-18-9-5-6-13(11-18)10-17-23(3,19)20/h4,7-8,13,17H,5-6,9-12H2,1-3H3/t13-/m0/s1. The van der Waals surface area contributed by atoms with Crippen molar-refractivity contribution in [2.45, 2.75) is 19.4 Å². The third-order valence-corrected chi connectivity index (χ3v) is 4.84. The molecular weight excluding hydrogens is 316 g/mol. The minimum atomic E-state index is -3.13. The number of nitrogens with one attached hydrogen (secondary N) is 1. The van der Waals surface area contributed by atoms with Gasteiger partial charge in [-0.3, -0.25) is 4.90 Å². The van der Waals surface area contributed by atoms with E-state index in [0.29, 0.717) is 12.5 Å². The molecule has 1 saturated heterocycles. The number of hydrogen-bond acceptors (Lipinski definition) is 5. The smallest absolute Gasteiger partial charge is 0.208 e. The van der Waals surface area contributed by atoms with Crippen molar-refractivity contribution in [2.75, 3.05) is 40.1 Å². The second kappa shape index (κ2) is 7.99. The summed E-state index contributed by atoms with van der Waals surface area (Å²) in [7, 11) is 0.190. The van der Waals surface area contributed by atoms with E-state index in [9.17, 15) is 8.42 Å². The van der Waals surface area contributed by atoms with Crippen LogP contribution in [0.1, 0.15) is 18.4 Å². The van der Waals surface area contributed by atoms with E-state index in [1.165, 1.54) is 6.26 Å². The molecule has 2 rings (SSSR count). The molecule has 130 valence electrons. The molecule has 0 radical (unpaired) electrons. The Morgan fingerprint density at radius 2 is 1.91 bits per heavy atom. The Bertz CT molecular complexity index is 596. The normalized spacial score (nSPS) is 19.5. The van der Waals surface area contributed by atoms with Crippen molar-refractivity contribution in [1.82, 2.24) is 9.62 Å². The van der Waals surface area contributed by atoms with E-state index in [4.69, 9.17) is 9.47 Å². The van der Waals surface area contributed by atoms with Crippen LogP contribution in [0.4, 0.5) is 0 Å². The van der Waals surface area contributed by atoms with Crippen molar-refractivity contribution in [3.63, 3.8) is 0 Å². The van der Waals surface area contributed by atoms with Crippen LogP contribution in [0.3, 0.4) is 0 Å². The first-order valence-corrected chi connectivity index (χ1v) is 9.69. The Morgan fingerprint density at radius 1 is 1.26 bits per heavy atom. The van der Waals surface area contributed by atoms with Crippen LogP contribution >= 0.6 is 0 Å². The van der Waals surface area contributed by atoms with Crippen LogP contribution in [-0.2, 0) is 16.6 Å². The highest BCUT2D eigenvalue weighted by atomic mass is 32.2. The van der Waals surface area contributed by atoms with Crippen molar-refractivity contribution in [3.05, 3.63) is 23.8 Å². The zero-order chi connectivity index (χ0) is 16.9. The topological polar surface area (TPSA) is 67.9 Å². The first-order chi connectivity index (χ1) is 10.9. The molecule has 0 amide bonds. The summed E-state index contributed by atoms with van der Waals surface area (Å²) in [6.45, 7) is 3.10. The van der Waals surface area contributed by atoms with Crippen molar-refractivity contribution in [1.29, 1.82) is 0 Å². The molecule has 0 spiro atoms. The number of rotatable bonds is 7. The monoisotopic (exact) mass is 342 g/mol. The first-order valence-electron chi connectivity index (χ1n) is 7.80. The van der Waals surface area contributed by atoms with Crippen molar-refractivity contribution >= 4 is 10.0 Å². The van der Waals surface area contributed by atoms with Gasteiger partial charge in [0.15, 0.2) is 0 Å². The minimum Gasteiger partial charge on any atom is -0.496 e. The van der Waals surface area contributed by atoms with E-state index in [1.807, 2.05) is 18.2 Å². The molecule has 1 aliphatic heterocycles. The quantitative estimate of drug-likeness (QED) is 0.813. The predicted octanol–water partition coefficient (Wildman–Crippen LogP) is 1.47. The summed E-state index contributed by atoms with van der Waals surface area (Å²) in [4.78, 5) is 2.33. The Labute approximate surface area is 138 Å². The SMILES string of the molecule is COc1cccc(OC)c1CN1CCC[C@@H](CNS(C)(=O)=O)C1. The van der Waals surface area contributed by atoms with E-state index in [1.54, 1.807) is 14.2 Å². The molecule has 7 heteroatoms. The number of hydrogen-bond donors (Lipinski definition) is 1. The highest BCUT2D eigenvalue weighted by Crippen LogP contribution is 2.30. The van der Waals surface area contributed by atoms with Gasteiger partial charge in [0.2, 0.25) is 10.0 Å².